The Labute approximate surface area is 169 Å². The molecule has 0 aliphatic heterocycles. The van der Waals surface area contributed by atoms with Gasteiger partial charge < -0.3 is 15.8 Å². The summed E-state index contributed by atoms with van der Waals surface area (Å²) in [5.41, 5.74) is 7.37. The molecule has 7 nitrogen and oxygen atoms in total. The van der Waals surface area contributed by atoms with Crippen molar-refractivity contribution < 1.29 is 14.3 Å². The Morgan fingerprint density at radius 2 is 1.79 bits per heavy atom. The number of rotatable bonds is 4. The number of anilines is 2. The minimum absolute atomic E-state index is 0.388. The maximum Gasteiger partial charge on any atom is 0.318 e. The third-order valence-corrected chi connectivity index (χ3v) is 4.17. The quantitative estimate of drug-likeness (QED) is 0.517. The number of nitrogens with two attached hydrogens (primary N) is 1. The van der Waals surface area contributed by atoms with Crippen LogP contribution in [0.25, 0.3) is 22.3 Å². The molecule has 0 saturated carbocycles. The summed E-state index contributed by atoms with van der Waals surface area (Å²) in [5.74, 6) is -1.12. The monoisotopic (exact) mass is 392 g/mol. The van der Waals surface area contributed by atoms with Gasteiger partial charge in [0.25, 0.3) is 0 Å². The number of nitrogen functional groups attached to an aromatic ring is 1. The molecule has 0 aliphatic carbocycles. The summed E-state index contributed by atoms with van der Waals surface area (Å²) in [7, 11) is 0. The lowest BCUT2D eigenvalue weighted by molar-refractivity contribution is -0.160. The molecule has 1 atom stereocenters. The minimum Gasteiger partial charge on any atom is -0.459 e. The standard InChI is InChI=1S/C22H24N4O3/c1-13(21(28)29-22(2,3)4)20(27)24-15-9-7-8-14(12-15)19-25-17-11-6-5-10-16(17)18(23)26-19/h5-13H,1-4H3,(H,24,27)(H2,23,25,26)/t13-/m1/s1. The summed E-state index contributed by atoms with van der Waals surface area (Å²) in [6.07, 6.45) is 0. The molecule has 0 bridgehead atoms. The number of benzene rings is 2. The van der Waals surface area contributed by atoms with Gasteiger partial charge in [0.2, 0.25) is 5.91 Å². The minimum atomic E-state index is -0.939. The SMILES string of the molecule is C[C@H](C(=O)Nc1cccc(-c2nc(N)c3ccccc3n2)c1)C(=O)OC(C)(C)C. The molecule has 1 aromatic heterocycles. The molecular formula is C22H24N4O3. The van der Waals surface area contributed by atoms with Crippen molar-refractivity contribution in [2.75, 3.05) is 11.1 Å². The molecule has 0 aliphatic rings. The number of esters is 1. The number of amides is 1. The van der Waals surface area contributed by atoms with Crippen LogP contribution in [0.2, 0.25) is 0 Å². The molecule has 3 aromatic rings. The first kappa shape index (κ1) is 20.3. The van der Waals surface area contributed by atoms with Crippen LogP contribution in [0.5, 0.6) is 0 Å². The fourth-order valence-corrected chi connectivity index (χ4v) is 2.71. The Morgan fingerprint density at radius 3 is 2.52 bits per heavy atom. The molecule has 29 heavy (non-hydrogen) atoms. The van der Waals surface area contributed by atoms with Crippen molar-refractivity contribution in [3.05, 3.63) is 48.5 Å². The van der Waals surface area contributed by atoms with E-state index >= 15 is 0 Å². The Kier molecular flexibility index (Phi) is 5.50. The molecule has 2 aromatic carbocycles. The van der Waals surface area contributed by atoms with Gasteiger partial charge in [-0.1, -0.05) is 24.3 Å². The van der Waals surface area contributed by atoms with E-state index in [1.807, 2.05) is 30.3 Å². The van der Waals surface area contributed by atoms with E-state index in [1.54, 1.807) is 39.0 Å². The van der Waals surface area contributed by atoms with Crippen molar-refractivity contribution in [2.24, 2.45) is 5.92 Å². The topological polar surface area (TPSA) is 107 Å². The first-order chi connectivity index (χ1) is 13.6. The first-order valence-electron chi connectivity index (χ1n) is 9.30. The lowest BCUT2D eigenvalue weighted by Gasteiger charge is -2.22. The highest BCUT2D eigenvalue weighted by atomic mass is 16.6. The van der Waals surface area contributed by atoms with Crippen LogP contribution in [0.1, 0.15) is 27.7 Å². The van der Waals surface area contributed by atoms with Gasteiger partial charge in [-0.25, -0.2) is 9.97 Å². The van der Waals surface area contributed by atoms with E-state index in [4.69, 9.17) is 10.5 Å². The molecule has 7 heteroatoms. The molecule has 3 rings (SSSR count). The predicted octanol–water partition coefficient (Wildman–Crippen LogP) is 3.80. The van der Waals surface area contributed by atoms with Crippen LogP contribution >= 0.6 is 0 Å². The van der Waals surface area contributed by atoms with Gasteiger partial charge in [0.1, 0.15) is 17.3 Å². The summed E-state index contributed by atoms with van der Waals surface area (Å²) in [6, 6.07) is 14.6. The van der Waals surface area contributed by atoms with Gasteiger partial charge in [0, 0.05) is 16.6 Å². The van der Waals surface area contributed by atoms with E-state index < -0.39 is 23.4 Å². The molecule has 0 radical (unpaired) electrons. The number of nitrogens with zero attached hydrogens (tertiary/aromatic N) is 2. The lowest BCUT2D eigenvalue weighted by atomic mass is 10.1. The van der Waals surface area contributed by atoms with Crippen LogP contribution in [0.3, 0.4) is 0 Å². The summed E-state index contributed by atoms with van der Waals surface area (Å²) in [5, 5.41) is 3.53. The maximum atomic E-state index is 12.5. The zero-order valence-electron chi connectivity index (χ0n) is 16.9. The van der Waals surface area contributed by atoms with Crippen LogP contribution in [-0.4, -0.2) is 27.4 Å². The average Bonchev–Trinajstić information content (AvgIpc) is 2.66. The van der Waals surface area contributed by atoms with E-state index in [9.17, 15) is 9.59 Å². The summed E-state index contributed by atoms with van der Waals surface area (Å²) in [6.45, 7) is 6.79. The van der Waals surface area contributed by atoms with Crippen molar-refractivity contribution >= 4 is 34.3 Å². The highest BCUT2D eigenvalue weighted by molar-refractivity contribution is 6.04. The van der Waals surface area contributed by atoms with Gasteiger partial charge in [-0.3, -0.25) is 9.59 Å². The second-order valence-corrected chi connectivity index (χ2v) is 7.77. The Balaban J connectivity index is 1.81. The highest BCUT2D eigenvalue weighted by Gasteiger charge is 2.27. The van der Waals surface area contributed by atoms with Gasteiger partial charge >= 0.3 is 5.97 Å². The Hall–Kier alpha value is -3.48. The van der Waals surface area contributed by atoms with E-state index in [0.29, 0.717) is 22.9 Å². The zero-order chi connectivity index (χ0) is 21.2. The molecule has 1 amide bonds. The molecule has 3 N–H and O–H groups in total. The van der Waals surface area contributed by atoms with Crippen LogP contribution < -0.4 is 11.1 Å². The number of nitrogens with one attached hydrogen (secondary N) is 1. The third kappa shape index (κ3) is 4.87. The van der Waals surface area contributed by atoms with E-state index in [-0.39, 0.29) is 0 Å². The van der Waals surface area contributed by atoms with Crippen LogP contribution in [0.15, 0.2) is 48.5 Å². The van der Waals surface area contributed by atoms with Crippen molar-refractivity contribution in [1.29, 1.82) is 0 Å². The molecule has 1 heterocycles. The molecule has 150 valence electrons. The van der Waals surface area contributed by atoms with Gasteiger partial charge in [0.05, 0.1) is 5.52 Å². The largest absolute Gasteiger partial charge is 0.459 e. The Bertz CT molecular complexity index is 1070. The van der Waals surface area contributed by atoms with Crippen molar-refractivity contribution in [1.82, 2.24) is 9.97 Å². The number of hydrogen-bond donors (Lipinski definition) is 2. The van der Waals surface area contributed by atoms with E-state index in [0.717, 1.165) is 10.9 Å². The van der Waals surface area contributed by atoms with Gasteiger partial charge in [-0.05, 0) is 52.0 Å². The van der Waals surface area contributed by atoms with Crippen LogP contribution in [0.4, 0.5) is 11.5 Å². The van der Waals surface area contributed by atoms with Crippen molar-refractivity contribution in [3.63, 3.8) is 0 Å². The average molecular weight is 392 g/mol. The zero-order valence-corrected chi connectivity index (χ0v) is 16.9. The third-order valence-electron chi connectivity index (χ3n) is 4.17. The van der Waals surface area contributed by atoms with Gasteiger partial charge in [-0.2, -0.15) is 0 Å². The fourth-order valence-electron chi connectivity index (χ4n) is 2.71. The number of hydrogen-bond acceptors (Lipinski definition) is 6. The van der Waals surface area contributed by atoms with E-state index in [2.05, 4.69) is 15.3 Å². The highest BCUT2D eigenvalue weighted by Crippen LogP contribution is 2.25. The summed E-state index contributed by atoms with van der Waals surface area (Å²) >= 11 is 0. The van der Waals surface area contributed by atoms with Crippen LogP contribution in [-0.2, 0) is 14.3 Å². The maximum absolute atomic E-state index is 12.5. The number of carbonyl (C=O) groups excluding carboxylic acids is 2. The normalized spacial score (nSPS) is 12.4. The molecule has 0 saturated heterocycles. The molecule has 0 unspecified atom stereocenters. The van der Waals surface area contributed by atoms with Crippen molar-refractivity contribution in [3.8, 4) is 11.4 Å². The lowest BCUT2D eigenvalue weighted by Crippen LogP contribution is -2.33. The number of carbonyl (C=O) groups is 2. The van der Waals surface area contributed by atoms with Gasteiger partial charge in [-0.15, -0.1) is 0 Å². The number of para-hydroxylation sites is 1. The fraction of sp³-hybridized carbons (Fsp3) is 0.273. The molecular weight excluding hydrogens is 368 g/mol. The smallest absolute Gasteiger partial charge is 0.318 e. The summed E-state index contributed by atoms with van der Waals surface area (Å²) in [4.78, 5) is 33.5. The van der Waals surface area contributed by atoms with Crippen LogP contribution in [0, 0.1) is 5.92 Å². The Morgan fingerprint density at radius 1 is 1.07 bits per heavy atom. The predicted molar refractivity (Wildman–Crippen MR) is 113 cm³/mol. The number of aromatic nitrogens is 2. The number of fused-ring (bicyclic) bond motifs is 1. The summed E-state index contributed by atoms with van der Waals surface area (Å²) < 4.78 is 5.27. The van der Waals surface area contributed by atoms with E-state index in [1.165, 1.54) is 6.92 Å². The first-order valence-corrected chi connectivity index (χ1v) is 9.30. The van der Waals surface area contributed by atoms with Gasteiger partial charge in [0.15, 0.2) is 5.82 Å². The number of ether oxygens (including phenoxy) is 1. The van der Waals surface area contributed by atoms with Crippen molar-refractivity contribution in [2.45, 2.75) is 33.3 Å². The second kappa shape index (κ2) is 7.87. The second-order valence-electron chi connectivity index (χ2n) is 7.77. The molecule has 0 spiro atoms. The molecule has 0 fully saturated rings.